The number of aromatic hydroxyl groups is 1. The van der Waals surface area contributed by atoms with Gasteiger partial charge in [0.2, 0.25) is 0 Å². The summed E-state index contributed by atoms with van der Waals surface area (Å²) in [5.41, 5.74) is -0.674. The Bertz CT molecular complexity index is 625. The molecule has 120 valence electrons. The van der Waals surface area contributed by atoms with Gasteiger partial charge in [-0.25, -0.2) is 4.79 Å². The lowest BCUT2D eigenvalue weighted by Crippen LogP contribution is -2.65. The molecule has 7 heteroatoms. The van der Waals surface area contributed by atoms with Crippen LogP contribution in [0.15, 0.2) is 12.1 Å². The average molecular weight is 309 g/mol. The van der Waals surface area contributed by atoms with Crippen molar-refractivity contribution in [3.63, 3.8) is 0 Å². The van der Waals surface area contributed by atoms with Gasteiger partial charge in [0.15, 0.2) is 6.10 Å². The number of rotatable bonds is 2. The maximum absolute atomic E-state index is 12.4. The number of phenols is 1. The number of ether oxygens (including phenoxy) is 1. The Hall–Kier alpha value is -2.12. The van der Waals surface area contributed by atoms with Crippen LogP contribution in [0.4, 0.5) is 0 Å². The highest BCUT2D eigenvalue weighted by atomic mass is 16.6. The monoisotopic (exact) mass is 309 g/mol. The van der Waals surface area contributed by atoms with E-state index in [1.54, 1.807) is 26.0 Å². The number of cyclic esters (lactones) is 1. The Labute approximate surface area is 127 Å². The maximum Gasteiger partial charge on any atom is 0.338 e. The third-order valence-electron chi connectivity index (χ3n) is 3.99. The summed E-state index contributed by atoms with van der Waals surface area (Å²) in [6.45, 7) is 4.31. The molecular formula is C15H19NO6. The summed E-state index contributed by atoms with van der Waals surface area (Å²) >= 11 is 0. The number of carbonyl (C=O) groups is 2. The van der Waals surface area contributed by atoms with Crippen molar-refractivity contribution < 1.29 is 29.6 Å². The topological polar surface area (TPSA) is 116 Å². The van der Waals surface area contributed by atoms with E-state index in [4.69, 9.17) is 4.74 Å². The quantitative estimate of drug-likeness (QED) is 0.561. The molecule has 0 aromatic heterocycles. The number of hydrogen-bond acceptors (Lipinski definition) is 6. The second kappa shape index (κ2) is 5.58. The van der Waals surface area contributed by atoms with Gasteiger partial charge in [-0.1, -0.05) is 12.1 Å². The lowest BCUT2D eigenvalue weighted by molar-refractivity contribution is -0.189. The van der Waals surface area contributed by atoms with E-state index in [0.29, 0.717) is 11.1 Å². The van der Waals surface area contributed by atoms with E-state index in [1.165, 1.54) is 6.92 Å². The van der Waals surface area contributed by atoms with Crippen molar-refractivity contribution >= 4 is 11.9 Å². The average Bonchev–Trinajstić information content (AvgIpc) is 2.44. The van der Waals surface area contributed by atoms with Crippen LogP contribution in [-0.4, -0.2) is 51.5 Å². The largest absolute Gasteiger partial charge is 0.507 e. The van der Waals surface area contributed by atoms with E-state index >= 15 is 0 Å². The fourth-order valence-corrected chi connectivity index (χ4v) is 2.34. The van der Waals surface area contributed by atoms with Gasteiger partial charge in [-0.2, -0.15) is 0 Å². The van der Waals surface area contributed by atoms with Crippen molar-refractivity contribution in [3.8, 4) is 5.75 Å². The molecule has 1 aromatic rings. The smallest absolute Gasteiger partial charge is 0.338 e. The molecule has 0 radical (unpaired) electrons. The zero-order valence-electron chi connectivity index (χ0n) is 12.6. The Balaban J connectivity index is 2.26. The number of aliphatic hydroxyl groups excluding tert-OH is 1. The molecule has 0 spiro atoms. The fraction of sp³-hybridized carbons (Fsp3) is 0.467. The van der Waals surface area contributed by atoms with Crippen LogP contribution in [0.2, 0.25) is 0 Å². The van der Waals surface area contributed by atoms with E-state index in [-0.39, 0.29) is 17.9 Å². The number of benzene rings is 1. The summed E-state index contributed by atoms with van der Waals surface area (Å²) in [5, 5.41) is 32.5. The number of esters is 1. The lowest BCUT2D eigenvalue weighted by atomic mass is 9.88. The van der Waals surface area contributed by atoms with Gasteiger partial charge in [0.25, 0.3) is 5.91 Å². The second-order valence-electron chi connectivity index (χ2n) is 5.71. The molecule has 1 amide bonds. The summed E-state index contributed by atoms with van der Waals surface area (Å²) in [5.74, 6) is -1.70. The Morgan fingerprint density at radius 1 is 1.36 bits per heavy atom. The van der Waals surface area contributed by atoms with Gasteiger partial charge in [0.05, 0.1) is 11.6 Å². The highest BCUT2D eigenvalue weighted by Gasteiger charge is 2.49. The highest BCUT2D eigenvalue weighted by Crippen LogP contribution is 2.27. The molecule has 0 saturated carbocycles. The first-order valence-corrected chi connectivity index (χ1v) is 6.83. The summed E-state index contributed by atoms with van der Waals surface area (Å²) in [7, 11) is 0. The standard InChI is InChI=1S/C15H19NO6/c1-7-4-5-8(2)11(17)10(7)13(19)16-9-6-22-14(20)12(18)15(9,3)21/h4-5,9,12,17-18,21H,6H2,1-3H3,(H,16,19)/t9-,12+,15-/m1/s1. The van der Waals surface area contributed by atoms with Crippen LogP contribution in [0.25, 0.3) is 0 Å². The first-order valence-electron chi connectivity index (χ1n) is 6.83. The van der Waals surface area contributed by atoms with E-state index in [2.05, 4.69) is 5.32 Å². The minimum Gasteiger partial charge on any atom is -0.507 e. The highest BCUT2D eigenvalue weighted by molar-refractivity contribution is 5.99. The van der Waals surface area contributed by atoms with Crippen LogP contribution >= 0.6 is 0 Å². The zero-order valence-corrected chi connectivity index (χ0v) is 12.6. The van der Waals surface area contributed by atoms with E-state index in [9.17, 15) is 24.9 Å². The van der Waals surface area contributed by atoms with Gasteiger partial charge in [-0.05, 0) is 31.9 Å². The summed E-state index contributed by atoms with van der Waals surface area (Å²) in [4.78, 5) is 23.7. The molecule has 7 nitrogen and oxygen atoms in total. The molecule has 2 rings (SSSR count). The minimum atomic E-state index is -1.86. The second-order valence-corrected chi connectivity index (χ2v) is 5.71. The predicted molar refractivity (Wildman–Crippen MR) is 76.4 cm³/mol. The van der Waals surface area contributed by atoms with Gasteiger partial charge in [-0.3, -0.25) is 4.79 Å². The van der Waals surface area contributed by atoms with Crippen molar-refractivity contribution in [2.75, 3.05) is 6.61 Å². The molecule has 1 fully saturated rings. The number of hydrogen-bond donors (Lipinski definition) is 4. The lowest BCUT2D eigenvalue weighted by Gasteiger charge is -2.39. The van der Waals surface area contributed by atoms with Gasteiger partial charge in [-0.15, -0.1) is 0 Å². The summed E-state index contributed by atoms with van der Waals surface area (Å²) in [6, 6.07) is 2.38. The molecular weight excluding hydrogens is 290 g/mol. The van der Waals surface area contributed by atoms with Crippen LogP contribution in [0.3, 0.4) is 0 Å². The number of phenolic OH excluding ortho intramolecular Hbond substituents is 1. The van der Waals surface area contributed by atoms with Crippen LogP contribution in [0.5, 0.6) is 5.75 Å². The number of amides is 1. The normalized spacial score (nSPS) is 28.1. The molecule has 1 heterocycles. The molecule has 1 saturated heterocycles. The number of aliphatic hydroxyl groups is 2. The van der Waals surface area contributed by atoms with Crippen molar-refractivity contribution in [2.45, 2.75) is 38.5 Å². The number of carbonyl (C=O) groups excluding carboxylic acids is 2. The predicted octanol–water partition coefficient (Wildman–Crippen LogP) is -0.224. The molecule has 0 aliphatic carbocycles. The Morgan fingerprint density at radius 3 is 2.59 bits per heavy atom. The van der Waals surface area contributed by atoms with Crippen molar-refractivity contribution in [3.05, 3.63) is 28.8 Å². The molecule has 1 aliphatic rings. The number of nitrogens with one attached hydrogen (secondary N) is 1. The number of aryl methyl sites for hydroxylation is 2. The van der Waals surface area contributed by atoms with Crippen LogP contribution < -0.4 is 5.32 Å². The van der Waals surface area contributed by atoms with Crippen LogP contribution in [-0.2, 0) is 9.53 Å². The molecule has 4 N–H and O–H groups in total. The molecule has 1 aliphatic heterocycles. The van der Waals surface area contributed by atoms with Crippen molar-refractivity contribution in [1.82, 2.24) is 5.32 Å². The Kier molecular flexibility index (Phi) is 4.12. The Morgan fingerprint density at radius 2 is 1.95 bits per heavy atom. The van der Waals surface area contributed by atoms with Gasteiger partial charge in [0.1, 0.15) is 18.0 Å². The fourth-order valence-electron chi connectivity index (χ4n) is 2.34. The van der Waals surface area contributed by atoms with E-state index in [0.717, 1.165) is 0 Å². The van der Waals surface area contributed by atoms with Crippen molar-refractivity contribution in [2.24, 2.45) is 0 Å². The molecule has 22 heavy (non-hydrogen) atoms. The molecule has 0 bridgehead atoms. The first-order chi connectivity index (χ1) is 10.2. The summed E-state index contributed by atoms with van der Waals surface area (Å²) < 4.78 is 4.73. The zero-order chi connectivity index (χ0) is 16.7. The van der Waals surface area contributed by atoms with Crippen LogP contribution in [0.1, 0.15) is 28.4 Å². The minimum absolute atomic E-state index is 0.0854. The van der Waals surface area contributed by atoms with Crippen molar-refractivity contribution in [1.29, 1.82) is 0 Å². The van der Waals surface area contributed by atoms with Gasteiger partial charge < -0.3 is 25.4 Å². The third kappa shape index (κ3) is 2.65. The third-order valence-corrected chi connectivity index (χ3v) is 3.99. The van der Waals surface area contributed by atoms with Gasteiger partial charge in [0, 0.05) is 0 Å². The van der Waals surface area contributed by atoms with Crippen LogP contribution in [0, 0.1) is 13.8 Å². The van der Waals surface area contributed by atoms with Gasteiger partial charge >= 0.3 is 5.97 Å². The maximum atomic E-state index is 12.4. The molecule has 1 aromatic carbocycles. The molecule has 3 atom stereocenters. The van der Waals surface area contributed by atoms with E-state index in [1.807, 2.05) is 0 Å². The molecule has 0 unspecified atom stereocenters. The first kappa shape index (κ1) is 16.3. The summed E-state index contributed by atoms with van der Waals surface area (Å²) in [6.07, 6.45) is -1.75. The van der Waals surface area contributed by atoms with E-state index < -0.39 is 29.6 Å². The SMILES string of the molecule is Cc1ccc(C)c(C(=O)N[C@@H]2COC(=O)[C@H](O)[C@]2(C)O)c1O.